The Bertz CT molecular complexity index is 934. The van der Waals surface area contributed by atoms with E-state index >= 15 is 0 Å². The lowest BCUT2D eigenvalue weighted by Gasteiger charge is -2.33. The normalized spacial score (nSPS) is 30.8. The van der Waals surface area contributed by atoms with E-state index in [1.165, 1.54) is 4.90 Å². The van der Waals surface area contributed by atoms with Crippen LogP contribution in [0.5, 0.6) is 0 Å². The van der Waals surface area contributed by atoms with E-state index in [1.54, 1.807) is 24.3 Å². The van der Waals surface area contributed by atoms with Crippen LogP contribution in [0.4, 0.5) is 5.69 Å². The Morgan fingerprint density at radius 3 is 2.56 bits per heavy atom. The fourth-order valence-corrected chi connectivity index (χ4v) is 5.20. The highest BCUT2D eigenvalue weighted by atomic mass is 35.5. The lowest BCUT2D eigenvalue weighted by Crippen LogP contribution is -2.52. The van der Waals surface area contributed by atoms with Crippen molar-refractivity contribution in [3.63, 3.8) is 0 Å². The molecule has 0 saturated carbocycles. The van der Waals surface area contributed by atoms with Crippen molar-refractivity contribution in [2.45, 2.75) is 24.9 Å². The number of anilines is 1. The molecule has 2 aromatic rings. The topological polar surface area (TPSA) is 43.9 Å². The second kappa shape index (κ2) is 5.89. The van der Waals surface area contributed by atoms with Crippen LogP contribution >= 0.6 is 11.6 Å². The van der Waals surface area contributed by atoms with Crippen molar-refractivity contribution in [2.24, 2.45) is 5.92 Å². The van der Waals surface area contributed by atoms with Crippen molar-refractivity contribution in [2.75, 3.05) is 18.0 Å². The van der Waals surface area contributed by atoms with Crippen LogP contribution in [0.1, 0.15) is 24.9 Å². The quantitative estimate of drug-likeness (QED) is 0.749. The molecule has 2 amide bonds. The van der Waals surface area contributed by atoms with E-state index in [0.29, 0.717) is 10.7 Å². The van der Waals surface area contributed by atoms with Crippen LogP contribution in [0.25, 0.3) is 0 Å². The zero-order chi connectivity index (χ0) is 18.8. The minimum atomic E-state index is -0.865. The van der Waals surface area contributed by atoms with Crippen molar-refractivity contribution < 1.29 is 9.59 Å². The number of hydrogen-bond acceptors (Lipinski definition) is 4. The Morgan fingerprint density at radius 2 is 1.81 bits per heavy atom. The Morgan fingerprint density at radius 1 is 1.04 bits per heavy atom. The first-order chi connectivity index (χ1) is 13.0. The predicted molar refractivity (Wildman–Crippen MR) is 103 cm³/mol. The van der Waals surface area contributed by atoms with Gasteiger partial charge in [0.05, 0.1) is 17.6 Å². The summed E-state index contributed by atoms with van der Waals surface area (Å²) in [7, 11) is 0. The first kappa shape index (κ1) is 16.9. The number of imide groups is 1. The largest absolute Gasteiger partial charge is 0.274 e. The number of nitrogens with zero attached hydrogens (tertiary/aromatic N) is 3. The van der Waals surface area contributed by atoms with Gasteiger partial charge in [0.1, 0.15) is 5.54 Å². The monoisotopic (exact) mass is 381 g/mol. The molecule has 5 rings (SSSR count). The molecule has 6 heteroatoms. The van der Waals surface area contributed by atoms with Crippen LogP contribution in [-0.2, 0) is 9.59 Å². The van der Waals surface area contributed by atoms with Crippen molar-refractivity contribution >= 4 is 29.1 Å². The van der Waals surface area contributed by atoms with Crippen LogP contribution in [0.15, 0.2) is 54.6 Å². The summed E-state index contributed by atoms with van der Waals surface area (Å²) in [4.78, 5) is 28.4. The third-order valence-corrected chi connectivity index (χ3v) is 6.41. The molecule has 2 aromatic carbocycles. The maximum Gasteiger partial charge on any atom is 0.256 e. The lowest BCUT2D eigenvalue weighted by atomic mass is 9.81. The fourth-order valence-electron chi connectivity index (χ4n) is 5.02. The second-order valence-electron chi connectivity index (χ2n) is 7.58. The van der Waals surface area contributed by atoms with Crippen LogP contribution in [0.3, 0.4) is 0 Å². The Balaban J connectivity index is 1.65. The summed E-state index contributed by atoms with van der Waals surface area (Å²) in [5.41, 5.74) is 0.758. The number of amides is 2. The van der Waals surface area contributed by atoms with E-state index in [1.807, 2.05) is 37.3 Å². The van der Waals surface area contributed by atoms with E-state index in [2.05, 4.69) is 10.0 Å². The first-order valence-electron chi connectivity index (χ1n) is 9.26. The molecule has 3 aliphatic rings. The average molecular weight is 382 g/mol. The third kappa shape index (κ3) is 2.19. The van der Waals surface area contributed by atoms with Gasteiger partial charge in [-0.05, 0) is 37.1 Å². The highest BCUT2D eigenvalue weighted by Gasteiger charge is 2.70. The van der Waals surface area contributed by atoms with Crippen molar-refractivity contribution in [3.05, 3.63) is 65.2 Å². The number of hydrogen-bond donors (Lipinski definition) is 0. The van der Waals surface area contributed by atoms with Crippen LogP contribution < -0.4 is 4.90 Å². The molecular formula is C21H20ClN3O2. The Hall–Kier alpha value is -2.21. The van der Waals surface area contributed by atoms with Crippen molar-refractivity contribution in [1.29, 1.82) is 0 Å². The van der Waals surface area contributed by atoms with Gasteiger partial charge in [-0.2, -0.15) is 0 Å². The van der Waals surface area contributed by atoms with Gasteiger partial charge in [0.2, 0.25) is 5.91 Å². The van der Waals surface area contributed by atoms with E-state index in [0.717, 1.165) is 25.1 Å². The van der Waals surface area contributed by atoms with Gasteiger partial charge in [0.25, 0.3) is 5.91 Å². The van der Waals surface area contributed by atoms with Gasteiger partial charge in [0.15, 0.2) is 0 Å². The molecule has 3 heterocycles. The van der Waals surface area contributed by atoms with Gasteiger partial charge in [-0.1, -0.05) is 48.0 Å². The van der Waals surface area contributed by atoms with Gasteiger partial charge >= 0.3 is 0 Å². The Kier molecular flexibility index (Phi) is 3.69. The molecule has 3 saturated heterocycles. The molecule has 3 aliphatic heterocycles. The number of carbonyl (C=O) groups is 2. The molecule has 0 aliphatic carbocycles. The minimum absolute atomic E-state index is 0.126. The van der Waals surface area contributed by atoms with Gasteiger partial charge in [0, 0.05) is 18.1 Å². The average Bonchev–Trinajstić information content (AvgIpc) is 3.28. The summed E-state index contributed by atoms with van der Waals surface area (Å²) in [6.45, 7) is 3.58. The molecule has 138 valence electrons. The molecule has 27 heavy (non-hydrogen) atoms. The SMILES string of the molecule is C[C@]12C(=O)N(c3cccc(Cl)c3)C(=O)[C@H]1[C@H](c1ccccc1)N1CCCN12. The molecule has 5 nitrogen and oxygen atoms in total. The number of hydrazine groups is 1. The summed E-state index contributed by atoms with van der Waals surface area (Å²) < 4.78 is 0. The summed E-state index contributed by atoms with van der Waals surface area (Å²) in [6, 6.07) is 16.9. The zero-order valence-electron chi connectivity index (χ0n) is 15.0. The standard InChI is InChI=1S/C21H20ClN3O2/c1-21-17(19(26)25(20(21)27)16-10-5-9-15(22)13-16)18(14-7-3-2-4-8-14)23-11-6-12-24(21)23/h2-5,7-10,13,17-18H,6,11-12H2,1H3/t17-,18+,21-/m1/s1. The van der Waals surface area contributed by atoms with Gasteiger partial charge < -0.3 is 0 Å². The number of carbonyl (C=O) groups excluding carboxylic acids is 2. The number of fused-ring (bicyclic) bond motifs is 3. The summed E-state index contributed by atoms with van der Waals surface area (Å²) >= 11 is 6.12. The van der Waals surface area contributed by atoms with E-state index in [-0.39, 0.29) is 17.9 Å². The van der Waals surface area contributed by atoms with Crippen LogP contribution in [0, 0.1) is 5.92 Å². The summed E-state index contributed by atoms with van der Waals surface area (Å²) in [5, 5.41) is 4.86. The van der Waals surface area contributed by atoms with Gasteiger partial charge in [-0.25, -0.2) is 14.9 Å². The molecule has 0 unspecified atom stereocenters. The number of halogens is 1. The highest BCUT2D eigenvalue weighted by Crippen LogP contribution is 2.54. The number of benzene rings is 2. The molecule has 3 atom stereocenters. The number of rotatable bonds is 2. The maximum atomic E-state index is 13.5. The van der Waals surface area contributed by atoms with E-state index < -0.39 is 11.5 Å². The maximum absolute atomic E-state index is 13.5. The summed E-state index contributed by atoms with van der Waals surface area (Å²) in [5.74, 6) is -0.746. The molecule has 0 radical (unpaired) electrons. The lowest BCUT2D eigenvalue weighted by molar-refractivity contribution is -0.131. The third-order valence-electron chi connectivity index (χ3n) is 6.18. The Labute approximate surface area is 163 Å². The van der Waals surface area contributed by atoms with Crippen molar-refractivity contribution in [1.82, 2.24) is 10.0 Å². The van der Waals surface area contributed by atoms with Crippen LogP contribution in [0.2, 0.25) is 5.02 Å². The molecule has 0 spiro atoms. The molecule has 0 bridgehead atoms. The van der Waals surface area contributed by atoms with Gasteiger partial charge in [-0.3, -0.25) is 9.59 Å². The van der Waals surface area contributed by atoms with Crippen molar-refractivity contribution in [3.8, 4) is 0 Å². The molecule has 0 N–H and O–H groups in total. The zero-order valence-corrected chi connectivity index (χ0v) is 15.8. The highest BCUT2D eigenvalue weighted by molar-refractivity contribution is 6.31. The van der Waals surface area contributed by atoms with Gasteiger partial charge in [-0.15, -0.1) is 0 Å². The predicted octanol–water partition coefficient (Wildman–Crippen LogP) is 3.27. The van der Waals surface area contributed by atoms with Crippen LogP contribution in [-0.4, -0.2) is 40.5 Å². The second-order valence-corrected chi connectivity index (χ2v) is 8.02. The van der Waals surface area contributed by atoms with E-state index in [4.69, 9.17) is 11.6 Å². The molecular weight excluding hydrogens is 362 g/mol. The fraction of sp³-hybridized carbons (Fsp3) is 0.333. The van der Waals surface area contributed by atoms with E-state index in [9.17, 15) is 9.59 Å². The minimum Gasteiger partial charge on any atom is -0.274 e. The molecule has 3 fully saturated rings. The first-order valence-corrected chi connectivity index (χ1v) is 9.64. The smallest absolute Gasteiger partial charge is 0.256 e. The summed E-state index contributed by atoms with van der Waals surface area (Å²) in [6.07, 6.45) is 0.990. The molecule has 0 aromatic heterocycles.